The second-order valence-electron chi connectivity index (χ2n) is 6.26. The van der Waals surface area contributed by atoms with Crippen molar-refractivity contribution in [3.63, 3.8) is 0 Å². The summed E-state index contributed by atoms with van der Waals surface area (Å²) in [6, 6.07) is 16.3. The van der Waals surface area contributed by atoms with Crippen molar-refractivity contribution in [1.29, 1.82) is 0 Å². The van der Waals surface area contributed by atoms with Crippen molar-refractivity contribution in [3.8, 4) is 0 Å². The van der Waals surface area contributed by atoms with Gasteiger partial charge >= 0.3 is 0 Å². The Labute approximate surface area is 165 Å². The molecular weight excluding hydrogens is 364 g/mol. The molecule has 0 saturated heterocycles. The largest absolute Gasteiger partial charge is 0.383 e. The summed E-state index contributed by atoms with van der Waals surface area (Å²) in [6.07, 6.45) is 0.437. The summed E-state index contributed by atoms with van der Waals surface area (Å²) in [6.45, 7) is 2.63. The van der Waals surface area contributed by atoms with Crippen LogP contribution in [0.2, 0.25) is 5.02 Å². The number of hydrogen-bond donors (Lipinski definition) is 1. The predicted octanol–water partition coefficient (Wildman–Crippen LogP) is 3.06. The first kappa shape index (κ1) is 20.9. The zero-order chi connectivity index (χ0) is 19.6. The summed E-state index contributed by atoms with van der Waals surface area (Å²) in [5.74, 6) is -0.354. The summed E-state index contributed by atoms with van der Waals surface area (Å²) in [5.41, 5.74) is 1.91. The molecule has 0 aliphatic carbocycles. The van der Waals surface area contributed by atoms with Crippen LogP contribution in [0.15, 0.2) is 54.6 Å². The van der Waals surface area contributed by atoms with Gasteiger partial charge in [0.1, 0.15) is 6.04 Å². The molecule has 0 radical (unpaired) electrons. The second-order valence-corrected chi connectivity index (χ2v) is 6.70. The van der Waals surface area contributed by atoms with Crippen molar-refractivity contribution in [2.24, 2.45) is 0 Å². The molecule has 1 atom stereocenters. The highest BCUT2D eigenvalue weighted by Crippen LogP contribution is 2.16. The first-order chi connectivity index (χ1) is 13.0. The second kappa shape index (κ2) is 10.7. The third-order valence-electron chi connectivity index (χ3n) is 4.23. The molecule has 0 saturated carbocycles. The standard InChI is InChI=1S/C21H25ClN2O3/c1-16(25)24(15-18-8-10-19(22)11-9-18)20(21(26)23-12-13-27-2)14-17-6-4-3-5-7-17/h3-11,20H,12-15H2,1-2H3,(H,23,26). The molecule has 0 aliphatic heterocycles. The maximum atomic E-state index is 12.8. The van der Waals surface area contributed by atoms with Crippen molar-refractivity contribution in [2.75, 3.05) is 20.3 Å². The summed E-state index contributed by atoms with van der Waals surface area (Å²) in [5, 5.41) is 3.49. The Balaban J connectivity index is 2.23. The molecule has 144 valence electrons. The Bertz CT molecular complexity index is 735. The van der Waals surface area contributed by atoms with Gasteiger partial charge < -0.3 is 15.0 Å². The average molecular weight is 389 g/mol. The number of nitrogens with zero attached hydrogens (tertiary/aromatic N) is 1. The Morgan fingerprint density at radius 2 is 1.74 bits per heavy atom. The van der Waals surface area contributed by atoms with Crippen LogP contribution in [-0.2, 0) is 27.3 Å². The minimum absolute atomic E-state index is 0.159. The van der Waals surface area contributed by atoms with Crippen LogP contribution in [0, 0.1) is 0 Å². The molecule has 2 rings (SSSR count). The van der Waals surface area contributed by atoms with Gasteiger partial charge in [0.2, 0.25) is 11.8 Å². The molecule has 27 heavy (non-hydrogen) atoms. The minimum atomic E-state index is -0.613. The smallest absolute Gasteiger partial charge is 0.243 e. The molecule has 0 spiro atoms. The fourth-order valence-electron chi connectivity index (χ4n) is 2.80. The van der Waals surface area contributed by atoms with Crippen LogP contribution < -0.4 is 5.32 Å². The molecular formula is C21H25ClN2O3. The fourth-order valence-corrected chi connectivity index (χ4v) is 2.93. The van der Waals surface area contributed by atoms with Crippen LogP contribution in [0.4, 0.5) is 0 Å². The van der Waals surface area contributed by atoms with Gasteiger partial charge in [-0.2, -0.15) is 0 Å². The lowest BCUT2D eigenvalue weighted by Crippen LogP contribution is -2.50. The number of nitrogens with one attached hydrogen (secondary N) is 1. The third-order valence-corrected chi connectivity index (χ3v) is 4.48. The van der Waals surface area contributed by atoms with Gasteiger partial charge in [0.15, 0.2) is 0 Å². The minimum Gasteiger partial charge on any atom is -0.383 e. The normalized spacial score (nSPS) is 11.7. The number of halogens is 1. The summed E-state index contributed by atoms with van der Waals surface area (Å²) in [4.78, 5) is 26.8. The third kappa shape index (κ3) is 6.70. The molecule has 0 bridgehead atoms. The van der Waals surface area contributed by atoms with E-state index >= 15 is 0 Å². The van der Waals surface area contributed by atoms with E-state index in [0.29, 0.717) is 31.1 Å². The van der Waals surface area contributed by atoms with E-state index < -0.39 is 6.04 Å². The van der Waals surface area contributed by atoms with Crippen molar-refractivity contribution in [2.45, 2.75) is 25.9 Å². The Hall–Kier alpha value is -2.37. The van der Waals surface area contributed by atoms with E-state index in [1.165, 1.54) is 6.92 Å². The van der Waals surface area contributed by atoms with E-state index in [1.807, 2.05) is 42.5 Å². The van der Waals surface area contributed by atoms with Gasteiger partial charge in [0.05, 0.1) is 6.61 Å². The molecule has 0 fully saturated rings. The van der Waals surface area contributed by atoms with Crippen LogP contribution in [0.25, 0.3) is 0 Å². The van der Waals surface area contributed by atoms with Gasteiger partial charge in [0.25, 0.3) is 0 Å². The van der Waals surface area contributed by atoms with E-state index in [1.54, 1.807) is 24.1 Å². The van der Waals surface area contributed by atoms with Crippen LogP contribution in [0.5, 0.6) is 0 Å². The highest BCUT2D eigenvalue weighted by Gasteiger charge is 2.28. The molecule has 2 amide bonds. The number of methoxy groups -OCH3 is 1. The number of rotatable bonds is 9. The monoisotopic (exact) mass is 388 g/mol. The fraction of sp³-hybridized carbons (Fsp3) is 0.333. The van der Waals surface area contributed by atoms with Gasteiger partial charge in [-0.25, -0.2) is 0 Å². The van der Waals surface area contributed by atoms with E-state index in [9.17, 15) is 9.59 Å². The zero-order valence-electron chi connectivity index (χ0n) is 15.7. The predicted molar refractivity (Wildman–Crippen MR) is 106 cm³/mol. The van der Waals surface area contributed by atoms with Crippen molar-refractivity contribution in [3.05, 3.63) is 70.7 Å². The van der Waals surface area contributed by atoms with Crippen molar-refractivity contribution >= 4 is 23.4 Å². The lowest BCUT2D eigenvalue weighted by Gasteiger charge is -2.30. The van der Waals surface area contributed by atoms with E-state index in [4.69, 9.17) is 16.3 Å². The molecule has 2 aromatic rings. The van der Waals surface area contributed by atoms with Gasteiger partial charge in [-0.05, 0) is 23.3 Å². The first-order valence-corrected chi connectivity index (χ1v) is 9.21. The van der Waals surface area contributed by atoms with E-state index in [0.717, 1.165) is 11.1 Å². The summed E-state index contributed by atoms with van der Waals surface area (Å²) in [7, 11) is 1.58. The molecule has 6 heteroatoms. The van der Waals surface area contributed by atoms with Crippen molar-refractivity contribution < 1.29 is 14.3 Å². The van der Waals surface area contributed by atoms with Gasteiger partial charge in [-0.15, -0.1) is 0 Å². The average Bonchev–Trinajstić information content (AvgIpc) is 2.66. The van der Waals surface area contributed by atoms with Gasteiger partial charge in [0, 0.05) is 38.6 Å². The molecule has 1 unspecified atom stereocenters. The highest BCUT2D eigenvalue weighted by molar-refractivity contribution is 6.30. The lowest BCUT2D eigenvalue weighted by atomic mass is 10.0. The highest BCUT2D eigenvalue weighted by atomic mass is 35.5. The van der Waals surface area contributed by atoms with Crippen LogP contribution in [0.3, 0.4) is 0 Å². The molecule has 0 aliphatic rings. The molecule has 0 aromatic heterocycles. The zero-order valence-corrected chi connectivity index (χ0v) is 16.4. The number of carbonyl (C=O) groups is 2. The lowest BCUT2D eigenvalue weighted by molar-refractivity contribution is -0.139. The molecule has 1 N–H and O–H groups in total. The Morgan fingerprint density at radius 3 is 2.33 bits per heavy atom. The number of carbonyl (C=O) groups excluding carboxylic acids is 2. The molecule has 5 nitrogen and oxygen atoms in total. The number of benzene rings is 2. The molecule has 2 aromatic carbocycles. The van der Waals surface area contributed by atoms with Crippen molar-refractivity contribution in [1.82, 2.24) is 10.2 Å². The molecule has 0 heterocycles. The van der Waals surface area contributed by atoms with E-state index in [-0.39, 0.29) is 11.8 Å². The number of hydrogen-bond acceptors (Lipinski definition) is 3. The van der Waals surface area contributed by atoms with Crippen LogP contribution >= 0.6 is 11.6 Å². The Morgan fingerprint density at radius 1 is 1.07 bits per heavy atom. The SMILES string of the molecule is COCCNC(=O)C(Cc1ccccc1)N(Cc1ccc(Cl)cc1)C(C)=O. The summed E-state index contributed by atoms with van der Waals surface area (Å²) < 4.78 is 5.00. The quantitative estimate of drug-likeness (QED) is 0.671. The first-order valence-electron chi connectivity index (χ1n) is 8.83. The maximum Gasteiger partial charge on any atom is 0.243 e. The summed E-state index contributed by atoms with van der Waals surface area (Å²) >= 11 is 5.95. The van der Waals surface area contributed by atoms with Crippen LogP contribution in [0.1, 0.15) is 18.1 Å². The number of amides is 2. The topological polar surface area (TPSA) is 58.6 Å². The maximum absolute atomic E-state index is 12.8. The number of ether oxygens (including phenoxy) is 1. The Kier molecular flexibility index (Phi) is 8.30. The van der Waals surface area contributed by atoms with Gasteiger partial charge in [-0.1, -0.05) is 54.1 Å². The van der Waals surface area contributed by atoms with Crippen LogP contribution in [-0.4, -0.2) is 43.0 Å². The van der Waals surface area contributed by atoms with Gasteiger partial charge in [-0.3, -0.25) is 9.59 Å². The van der Waals surface area contributed by atoms with E-state index in [2.05, 4.69) is 5.32 Å².